The Labute approximate surface area is 176 Å². The molecule has 0 aliphatic carbocycles. The van der Waals surface area contributed by atoms with Crippen LogP contribution in [0.25, 0.3) is 16.6 Å². The van der Waals surface area contributed by atoms with E-state index >= 15 is 0 Å². The second-order valence-electron chi connectivity index (χ2n) is 6.21. The molecule has 0 spiro atoms. The molecule has 142 valence electrons. The summed E-state index contributed by atoms with van der Waals surface area (Å²) in [5.74, 6) is 1.13. The van der Waals surface area contributed by atoms with Crippen LogP contribution in [0.3, 0.4) is 0 Å². The Balaban J connectivity index is 1.76. The third kappa shape index (κ3) is 3.45. The first kappa shape index (κ1) is 18.8. The molecule has 4 aromatic rings. The molecular formula is C21H17BrClN3O2. The molecule has 0 amide bonds. The van der Waals surface area contributed by atoms with Gasteiger partial charge in [-0.2, -0.15) is 5.10 Å². The molecule has 4 rings (SSSR count). The van der Waals surface area contributed by atoms with Crippen LogP contribution in [0.1, 0.15) is 11.1 Å². The molecule has 0 saturated carbocycles. The number of benzene rings is 2. The predicted octanol–water partition coefficient (Wildman–Crippen LogP) is 5.44. The highest BCUT2D eigenvalue weighted by atomic mass is 79.9. The zero-order valence-corrected chi connectivity index (χ0v) is 17.7. The number of rotatable bonds is 5. The van der Waals surface area contributed by atoms with Gasteiger partial charge in [0.2, 0.25) is 5.88 Å². The van der Waals surface area contributed by atoms with Crippen LogP contribution in [-0.2, 0) is 6.42 Å². The van der Waals surface area contributed by atoms with E-state index in [9.17, 15) is 0 Å². The molecule has 0 radical (unpaired) electrons. The monoisotopic (exact) mass is 457 g/mol. The molecule has 7 heteroatoms. The number of ether oxygens (including phenoxy) is 2. The Bertz CT molecular complexity index is 1130. The molecule has 0 atom stereocenters. The van der Waals surface area contributed by atoms with Crippen LogP contribution in [0.4, 0.5) is 0 Å². The fourth-order valence-electron chi connectivity index (χ4n) is 3.15. The molecule has 0 N–H and O–H groups in total. The first-order valence-electron chi connectivity index (χ1n) is 8.59. The Kier molecular flexibility index (Phi) is 5.24. The second kappa shape index (κ2) is 7.81. The SMILES string of the molecule is COc1nc2c(OC)cc(Br)cc2c(Cl)c1Cc1ccc(-n2cccn2)cc1. The molecule has 2 aromatic carbocycles. The van der Waals surface area contributed by atoms with E-state index in [-0.39, 0.29) is 0 Å². The van der Waals surface area contributed by atoms with Crippen molar-refractivity contribution in [1.82, 2.24) is 14.8 Å². The molecule has 0 saturated heterocycles. The van der Waals surface area contributed by atoms with Crippen molar-refractivity contribution in [2.24, 2.45) is 0 Å². The maximum atomic E-state index is 6.78. The minimum Gasteiger partial charge on any atom is -0.494 e. The molecule has 2 aromatic heterocycles. The van der Waals surface area contributed by atoms with E-state index in [4.69, 9.17) is 21.1 Å². The number of nitrogens with zero attached hydrogens (tertiary/aromatic N) is 3. The first-order chi connectivity index (χ1) is 13.6. The normalized spacial score (nSPS) is 11.0. The Morgan fingerprint density at radius 1 is 1.11 bits per heavy atom. The van der Waals surface area contributed by atoms with Gasteiger partial charge in [0.1, 0.15) is 11.3 Å². The average Bonchev–Trinajstić information content (AvgIpc) is 3.25. The quantitative estimate of drug-likeness (QED) is 0.399. The van der Waals surface area contributed by atoms with E-state index in [1.807, 2.05) is 41.2 Å². The molecule has 0 bridgehead atoms. The summed E-state index contributed by atoms with van der Waals surface area (Å²) in [4.78, 5) is 4.65. The summed E-state index contributed by atoms with van der Waals surface area (Å²) < 4.78 is 13.7. The first-order valence-corrected chi connectivity index (χ1v) is 9.76. The number of hydrogen-bond acceptors (Lipinski definition) is 4. The lowest BCUT2D eigenvalue weighted by molar-refractivity contribution is 0.392. The molecule has 2 heterocycles. The molecule has 5 nitrogen and oxygen atoms in total. The van der Waals surface area contributed by atoms with Gasteiger partial charge < -0.3 is 9.47 Å². The third-order valence-electron chi connectivity index (χ3n) is 4.51. The maximum absolute atomic E-state index is 6.78. The highest BCUT2D eigenvalue weighted by Crippen LogP contribution is 2.39. The van der Waals surface area contributed by atoms with Gasteiger partial charge >= 0.3 is 0 Å². The van der Waals surface area contributed by atoms with E-state index in [0.29, 0.717) is 28.6 Å². The summed E-state index contributed by atoms with van der Waals surface area (Å²) in [7, 11) is 3.21. The van der Waals surface area contributed by atoms with Gasteiger partial charge in [-0.1, -0.05) is 39.7 Å². The van der Waals surface area contributed by atoms with Crippen LogP contribution in [0.2, 0.25) is 5.02 Å². The van der Waals surface area contributed by atoms with E-state index in [0.717, 1.165) is 26.7 Å². The molecule has 0 fully saturated rings. The smallest absolute Gasteiger partial charge is 0.218 e. The summed E-state index contributed by atoms with van der Waals surface area (Å²) >= 11 is 10.3. The van der Waals surface area contributed by atoms with Gasteiger partial charge in [-0.25, -0.2) is 9.67 Å². The van der Waals surface area contributed by atoms with Crippen molar-refractivity contribution in [3.8, 4) is 17.3 Å². The Morgan fingerprint density at radius 3 is 2.54 bits per heavy atom. The Morgan fingerprint density at radius 2 is 1.89 bits per heavy atom. The topological polar surface area (TPSA) is 49.2 Å². The number of halogens is 2. The second-order valence-corrected chi connectivity index (χ2v) is 7.51. The van der Waals surface area contributed by atoms with E-state index in [2.05, 4.69) is 38.1 Å². The van der Waals surface area contributed by atoms with E-state index < -0.39 is 0 Å². The van der Waals surface area contributed by atoms with Gasteiger partial charge in [0.15, 0.2) is 0 Å². The number of fused-ring (bicyclic) bond motifs is 1. The van der Waals surface area contributed by atoms with E-state index in [1.54, 1.807) is 20.4 Å². The van der Waals surface area contributed by atoms with E-state index in [1.165, 1.54) is 0 Å². The summed E-state index contributed by atoms with van der Waals surface area (Å²) in [5, 5.41) is 5.68. The largest absolute Gasteiger partial charge is 0.494 e. The maximum Gasteiger partial charge on any atom is 0.218 e. The van der Waals surface area contributed by atoms with Crippen LogP contribution in [-0.4, -0.2) is 29.0 Å². The highest BCUT2D eigenvalue weighted by molar-refractivity contribution is 9.10. The number of hydrogen-bond donors (Lipinski definition) is 0. The summed E-state index contributed by atoms with van der Waals surface area (Å²) in [6.45, 7) is 0. The lowest BCUT2D eigenvalue weighted by Gasteiger charge is -2.15. The minimum absolute atomic E-state index is 0.495. The van der Waals surface area contributed by atoms with Crippen molar-refractivity contribution >= 4 is 38.4 Å². The fraction of sp³-hybridized carbons (Fsp3) is 0.143. The van der Waals surface area contributed by atoms with Crippen molar-refractivity contribution in [2.45, 2.75) is 6.42 Å². The van der Waals surface area contributed by atoms with Gasteiger partial charge in [0.25, 0.3) is 0 Å². The molecule has 0 unspecified atom stereocenters. The zero-order valence-electron chi connectivity index (χ0n) is 15.3. The zero-order chi connectivity index (χ0) is 19.7. The Hall–Kier alpha value is -2.57. The van der Waals surface area contributed by atoms with Crippen molar-refractivity contribution in [2.75, 3.05) is 14.2 Å². The molecular weight excluding hydrogens is 442 g/mol. The molecule has 28 heavy (non-hydrogen) atoms. The standard InChI is InChI=1S/C21H17BrClN3O2/c1-27-18-12-14(22)11-16-19(23)17(21(28-2)25-20(16)18)10-13-4-6-15(7-5-13)26-9-3-8-24-26/h3-9,11-12H,10H2,1-2H3. The molecule has 0 aliphatic heterocycles. The lowest BCUT2D eigenvalue weighted by atomic mass is 10.0. The predicted molar refractivity (Wildman–Crippen MR) is 114 cm³/mol. The van der Waals surface area contributed by atoms with Gasteiger partial charge in [0, 0.05) is 34.2 Å². The van der Waals surface area contributed by atoms with Crippen molar-refractivity contribution < 1.29 is 9.47 Å². The van der Waals surface area contributed by atoms with Gasteiger partial charge in [-0.3, -0.25) is 0 Å². The van der Waals surface area contributed by atoms with Crippen LogP contribution in [0.5, 0.6) is 11.6 Å². The van der Waals surface area contributed by atoms with Gasteiger partial charge in [-0.05, 0) is 35.9 Å². The minimum atomic E-state index is 0.495. The van der Waals surface area contributed by atoms with Crippen molar-refractivity contribution in [3.63, 3.8) is 0 Å². The third-order valence-corrected chi connectivity index (χ3v) is 5.40. The van der Waals surface area contributed by atoms with Crippen molar-refractivity contribution in [3.05, 3.63) is 75.5 Å². The van der Waals surface area contributed by atoms with Crippen LogP contribution in [0, 0.1) is 0 Å². The summed E-state index contributed by atoms with van der Waals surface area (Å²) in [5.41, 5.74) is 3.60. The average molecular weight is 459 g/mol. The van der Waals surface area contributed by atoms with Gasteiger partial charge in [0.05, 0.1) is 24.9 Å². The number of aromatic nitrogens is 3. The van der Waals surface area contributed by atoms with Gasteiger partial charge in [-0.15, -0.1) is 0 Å². The van der Waals surface area contributed by atoms with Crippen LogP contribution in [0.15, 0.2) is 59.3 Å². The summed E-state index contributed by atoms with van der Waals surface area (Å²) in [6, 6.07) is 13.9. The number of methoxy groups -OCH3 is 2. The number of pyridine rings is 1. The fourth-order valence-corrected chi connectivity index (χ4v) is 3.88. The van der Waals surface area contributed by atoms with Crippen molar-refractivity contribution in [1.29, 1.82) is 0 Å². The lowest BCUT2D eigenvalue weighted by Crippen LogP contribution is -2.01. The van der Waals surface area contributed by atoms with Crippen LogP contribution >= 0.6 is 27.5 Å². The molecule has 0 aliphatic rings. The summed E-state index contributed by atoms with van der Waals surface area (Å²) in [6.07, 6.45) is 4.26. The van der Waals surface area contributed by atoms with Crippen LogP contribution < -0.4 is 9.47 Å². The highest BCUT2D eigenvalue weighted by Gasteiger charge is 2.18.